The first kappa shape index (κ1) is 17.8. The van der Waals surface area contributed by atoms with E-state index in [0.717, 1.165) is 15.7 Å². The number of hydrogen-bond donors (Lipinski definition) is 2. The molecule has 0 bridgehead atoms. The van der Waals surface area contributed by atoms with Crippen molar-refractivity contribution in [2.75, 3.05) is 0 Å². The fraction of sp³-hybridized carbons (Fsp3) is 0.500. The Morgan fingerprint density at radius 3 is 2.48 bits per heavy atom. The predicted octanol–water partition coefficient (Wildman–Crippen LogP) is 1.65. The molecular weight excluding hydrogens is 314 g/mol. The summed E-state index contributed by atoms with van der Waals surface area (Å²) >= 11 is -1.26. The van der Waals surface area contributed by atoms with Crippen LogP contribution in [0, 0.1) is 6.92 Å². The molecular formula is C16H23N3O3S. The van der Waals surface area contributed by atoms with E-state index in [2.05, 4.69) is 9.71 Å². The number of fused-ring (bicyclic) bond motifs is 1. The molecule has 1 heterocycles. The van der Waals surface area contributed by atoms with Gasteiger partial charge in [-0.1, -0.05) is 6.07 Å². The zero-order chi connectivity index (χ0) is 17.5. The third kappa shape index (κ3) is 3.52. The fourth-order valence-corrected chi connectivity index (χ4v) is 3.13. The second-order valence-corrected chi connectivity index (χ2v) is 8.79. The second kappa shape index (κ2) is 6.14. The maximum absolute atomic E-state index is 12.3. The number of rotatable bonds is 3. The van der Waals surface area contributed by atoms with E-state index in [1.165, 1.54) is 7.05 Å². The number of H-pyrrole nitrogens is 1. The average molecular weight is 337 g/mol. The minimum Gasteiger partial charge on any atom is -0.598 e. The maximum Gasteiger partial charge on any atom is 0.328 e. The Balaban J connectivity index is 2.61. The van der Waals surface area contributed by atoms with Gasteiger partial charge in [0, 0.05) is 18.4 Å². The normalized spacial score (nSPS) is 14.9. The van der Waals surface area contributed by atoms with Crippen LogP contribution in [0.4, 0.5) is 0 Å². The van der Waals surface area contributed by atoms with Crippen molar-refractivity contribution in [1.82, 2.24) is 14.3 Å². The van der Waals surface area contributed by atoms with Crippen molar-refractivity contribution in [2.24, 2.45) is 7.05 Å². The minimum absolute atomic E-state index is 0.278. The molecule has 0 aliphatic heterocycles. The van der Waals surface area contributed by atoms with Gasteiger partial charge in [0.15, 0.2) is 0 Å². The molecule has 23 heavy (non-hydrogen) atoms. The van der Waals surface area contributed by atoms with Crippen molar-refractivity contribution in [3.8, 4) is 0 Å². The Morgan fingerprint density at radius 2 is 1.91 bits per heavy atom. The number of aromatic amines is 1. The van der Waals surface area contributed by atoms with Crippen LogP contribution in [-0.2, 0) is 18.4 Å². The number of aromatic nitrogens is 2. The van der Waals surface area contributed by atoms with E-state index >= 15 is 0 Å². The number of aryl methyl sites for hydroxylation is 1. The van der Waals surface area contributed by atoms with Gasteiger partial charge in [-0.05, 0) is 51.8 Å². The molecule has 0 saturated heterocycles. The van der Waals surface area contributed by atoms with Gasteiger partial charge in [-0.15, -0.1) is 4.72 Å². The Labute approximate surface area is 138 Å². The van der Waals surface area contributed by atoms with Gasteiger partial charge < -0.3 is 9.54 Å². The zero-order valence-corrected chi connectivity index (χ0v) is 15.1. The van der Waals surface area contributed by atoms with E-state index < -0.39 is 21.8 Å². The highest BCUT2D eigenvalue weighted by Gasteiger charge is 2.29. The van der Waals surface area contributed by atoms with Gasteiger partial charge in [-0.3, -0.25) is 9.36 Å². The van der Waals surface area contributed by atoms with Gasteiger partial charge in [-0.2, -0.15) is 0 Å². The third-order valence-electron chi connectivity index (χ3n) is 3.69. The summed E-state index contributed by atoms with van der Waals surface area (Å²) in [6.07, 6.45) is 0. The molecule has 0 fully saturated rings. The molecule has 0 spiro atoms. The highest BCUT2D eigenvalue weighted by atomic mass is 32.2. The van der Waals surface area contributed by atoms with Gasteiger partial charge in [0.05, 0.1) is 16.9 Å². The summed E-state index contributed by atoms with van der Waals surface area (Å²) < 4.78 is 16.0. The van der Waals surface area contributed by atoms with Gasteiger partial charge >= 0.3 is 5.69 Å². The quantitative estimate of drug-likeness (QED) is 0.833. The topological polar surface area (TPSA) is 89.9 Å². The molecule has 0 radical (unpaired) electrons. The Kier molecular flexibility index (Phi) is 4.75. The van der Waals surface area contributed by atoms with Crippen molar-refractivity contribution < 1.29 is 4.55 Å². The third-order valence-corrected chi connectivity index (χ3v) is 5.37. The number of nitrogens with one attached hydrogen (secondary N) is 2. The van der Waals surface area contributed by atoms with E-state index in [1.54, 1.807) is 6.07 Å². The molecule has 2 N–H and O–H groups in total. The van der Waals surface area contributed by atoms with E-state index in [0.29, 0.717) is 10.9 Å². The van der Waals surface area contributed by atoms with E-state index in [-0.39, 0.29) is 11.6 Å². The Morgan fingerprint density at radius 1 is 1.30 bits per heavy atom. The molecule has 0 aliphatic carbocycles. The van der Waals surface area contributed by atoms with Crippen LogP contribution in [0.3, 0.4) is 0 Å². The Hall–Kier alpha value is -1.57. The summed E-state index contributed by atoms with van der Waals surface area (Å²) in [7, 11) is 1.44. The second-order valence-electron chi connectivity index (χ2n) is 6.79. The number of benzene rings is 1. The summed E-state index contributed by atoms with van der Waals surface area (Å²) in [6, 6.07) is 3.37. The van der Waals surface area contributed by atoms with Crippen LogP contribution in [0.2, 0.25) is 0 Å². The van der Waals surface area contributed by atoms with E-state index in [9.17, 15) is 14.1 Å². The van der Waals surface area contributed by atoms with Gasteiger partial charge in [-0.25, -0.2) is 4.79 Å². The first-order chi connectivity index (χ1) is 10.5. The monoisotopic (exact) mass is 337 g/mol. The van der Waals surface area contributed by atoms with Crippen LogP contribution < -0.4 is 16.0 Å². The molecule has 0 aliphatic rings. The lowest BCUT2D eigenvalue weighted by Crippen LogP contribution is -2.41. The average Bonchev–Trinajstić information content (AvgIpc) is 2.44. The van der Waals surface area contributed by atoms with Crippen molar-refractivity contribution in [2.45, 2.75) is 45.4 Å². The minimum atomic E-state index is -1.26. The van der Waals surface area contributed by atoms with E-state index in [4.69, 9.17) is 0 Å². The SMILES string of the molecule is Cc1cc([C@@H](C)N[S+]([O-])C(C)(C)C)c2[nH]c(=O)n(C)c(=O)c2c1. The van der Waals surface area contributed by atoms with Crippen molar-refractivity contribution in [3.63, 3.8) is 0 Å². The first-order valence-electron chi connectivity index (χ1n) is 7.44. The summed E-state index contributed by atoms with van der Waals surface area (Å²) in [6.45, 7) is 9.41. The molecule has 6 nitrogen and oxygen atoms in total. The molecule has 2 rings (SSSR count). The van der Waals surface area contributed by atoms with Gasteiger partial charge in [0.2, 0.25) is 0 Å². The lowest BCUT2D eigenvalue weighted by atomic mass is 10.0. The maximum atomic E-state index is 12.3. The summed E-state index contributed by atoms with van der Waals surface area (Å²) in [5.74, 6) is 0. The molecule has 0 saturated carbocycles. The van der Waals surface area contributed by atoms with Crippen LogP contribution in [0.15, 0.2) is 21.7 Å². The Bertz CT molecular complexity index is 848. The smallest absolute Gasteiger partial charge is 0.328 e. The van der Waals surface area contributed by atoms with Crippen LogP contribution in [0.5, 0.6) is 0 Å². The van der Waals surface area contributed by atoms with Crippen LogP contribution in [-0.4, -0.2) is 18.9 Å². The predicted molar refractivity (Wildman–Crippen MR) is 94.0 cm³/mol. The number of nitrogens with zero attached hydrogens (tertiary/aromatic N) is 1. The fourth-order valence-electron chi connectivity index (χ4n) is 2.33. The first-order valence-corrected chi connectivity index (χ1v) is 8.59. The molecule has 2 aromatic rings. The van der Waals surface area contributed by atoms with Crippen molar-refractivity contribution in [3.05, 3.63) is 44.1 Å². The van der Waals surface area contributed by atoms with Gasteiger partial charge in [0.25, 0.3) is 5.56 Å². The number of hydrogen-bond acceptors (Lipinski definition) is 4. The lowest BCUT2D eigenvalue weighted by Gasteiger charge is -2.27. The van der Waals surface area contributed by atoms with E-state index in [1.807, 2.05) is 40.7 Å². The van der Waals surface area contributed by atoms with Gasteiger partial charge in [0.1, 0.15) is 4.75 Å². The van der Waals surface area contributed by atoms with Crippen LogP contribution in [0.1, 0.15) is 44.9 Å². The molecule has 7 heteroatoms. The van der Waals surface area contributed by atoms with Crippen LogP contribution in [0.25, 0.3) is 10.9 Å². The lowest BCUT2D eigenvalue weighted by molar-refractivity contribution is 0.531. The molecule has 1 aromatic carbocycles. The summed E-state index contributed by atoms with van der Waals surface area (Å²) in [5.41, 5.74) is 1.36. The highest BCUT2D eigenvalue weighted by Crippen LogP contribution is 2.24. The standard InChI is InChI=1S/C16H23N3O3S/c1-9-7-11(10(2)18-23(22)16(3,4)5)13-12(8-9)14(20)19(6)15(21)17-13/h7-8,10,18H,1-6H3,(H,17,21)/t10-,23?/m1/s1. The molecule has 0 amide bonds. The summed E-state index contributed by atoms with van der Waals surface area (Å²) in [5, 5.41) is 0.456. The zero-order valence-electron chi connectivity index (χ0n) is 14.3. The van der Waals surface area contributed by atoms with Crippen molar-refractivity contribution >= 4 is 22.3 Å². The van der Waals surface area contributed by atoms with Crippen LogP contribution >= 0.6 is 0 Å². The summed E-state index contributed by atoms with van der Waals surface area (Å²) in [4.78, 5) is 27.0. The molecule has 1 aromatic heterocycles. The molecule has 1 unspecified atom stereocenters. The molecule has 126 valence electrons. The van der Waals surface area contributed by atoms with Crippen molar-refractivity contribution in [1.29, 1.82) is 0 Å². The highest BCUT2D eigenvalue weighted by molar-refractivity contribution is 7.90. The largest absolute Gasteiger partial charge is 0.598 e. The molecule has 2 atom stereocenters.